The number of aliphatic hydroxyl groups is 1. The number of alkyl halides is 3. The first kappa shape index (κ1) is 23.7. The molecule has 0 radical (unpaired) electrons. The Morgan fingerprint density at radius 1 is 1.15 bits per heavy atom. The first-order chi connectivity index (χ1) is 16.1. The number of anilines is 1. The summed E-state index contributed by atoms with van der Waals surface area (Å²) in [6.45, 7) is 2.11. The molecule has 3 N–H and O–H groups in total. The van der Waals surface area contributed by atoms with Crippen molar-refractivity contribution in [3.63, 3.8) is 0 Å². The number of nitrogens with zero attached hydrogens (tertiary/aromatic N) is 3. The number of rotatable bonds is 7. The summed E-state index contributed by atoms with van der Waals surface area (Å²) in [4.78, 5) is 12.6. The van der Waals surface area contributed by atoms with Gasteiger partial charge in [-0.05, 0) is 30.7 Å². The highest BCUT2D eigenvalue weighted by molar-refractivity contribution is 5.87. The van der Waals surface area contributed by atoms with Gasteiger partial charge in [-0.3, -0.25) is 5.32 Å². The van der Waals surface area contributed by atoms with Crippen LogP contribution in [0.4, 0.5) is 23.4 Å². The lowest BCUT2D eigenvalue weighted by atomic mass is 10.0. The lowest BCUT2D eigenvalue weighted by Gasteiger charge is -2.24. The van der Waals surface area contributed by atoms with Crippen molar-refractivity contribution in [2.24, 2.45) is 0 Å². The molecule has 1 unspecified atom stereocenters. The molecule has 7 nitrogen and oxygen atoms in total. The van der Waals surface area contributed by atoms with E-state index in [-0.39, 0.29) is 24.5 Å². The predicted molar refractivity (Wildman–Crippen MR) is 115 cm³/mol. The van der Waals surface area contributed by atoms with E-state index in [1.54, 1.807) is 24.0 Å². The molecular weight excluding hydrogens is 456 g/mol. The monoisotopic (exact) mass is 478 g/mol. The molecule has 1 aromatic heterocycles. The van der Waals surface area contributed by atoms with Crippen LogP contribution in [0, 0.1) is 5.82 Å². The smallest absolute Gasteiger partial charge is 0.435 e. The number of nitrogens with one attached hydrogen (secondary N) is 1. The number of benzene rings is 2. The van der Waals surface area contributed by atoms with Gasteiger partial charge in [-0.1, -0.05) is 30.3 Å². The molecular formula is C23H22F4N4O3. The molecule has 0 fully saturated rings. The summed E-state index contributed by atoms with van der Waals surface area (Å²) in [5, 5.41) is 26.3. The summed E-state index contributed by atoms with van der Waals surface area (Å²) in [6, 6.07) is 11.2. The van der Waals surface area contributed by atoms with Gasteiger partial charge in [0.25, 0.3) is 0 Å². The number of fused-ring (bicyclic) bond motifs is 1. The van der Waals surface area contributed by atoms with Gasteiger partial charge < -0.3 is 15.1 Å². The Morgan fingerprint density at radius 2 is 1.82 bits per heavy atom. The van der Waals surface area contributed by atoms with Gasteiger partial charge in [0, 0.05) is 24.7 Å². The summed E-state index contributed by atoms with van der Waals surface area (Å²) < 4.78 is 56.8. The Hall–Kier alpha value is -3.44. The molecule has 0 saturated heterocycles. The lowest BCUT2D eigenvalue weighted by molar-refractivity contribution is -0.143. The van der Waals surface area contributed by atoms with Crippen LogP contribution in [0.25, 0.3) is 0 Å². The molecule has 2 atom stereocenters. The van der Waals surface area contributed by atoms with Gasteiger partial charge in [0.15, 0.2) is 5.69 Å². The maximum absolute atomic E-state index is 14.2. The van der Waals surface area contributed by atoms with Crippen molar-refractivity contribution in [2.75, 3.05) is 11.4 Å². The average Bonchev–Trinajstić information content (AvgIpc) is 3.35. The van der Waals surface area contributed by atoms with E-state index in [1.165, 1.54) is 41.1 Å². The van der Waals surface area contributed by atoms with Gasteiger partial charge in [-0.25, -0.2) is 13.9 Å². The van der Waals surface area contributed by atoms with Crippen LogP contribution < -0.4 is 10.2 Å². The molecule has 0 aliphatic carbocycles. The summed E-state index contributed by atoms with van der Waals surface area (Å²) in [6.07, 6.45) is -6.55. The number of hydrogen-bond acceptors (Lipinski definition) is 5. The topological polar surface area (TPSA) is 90.6 Å². The van der Waals surface area contributed by atoms with Crippen molar-refractivity contribution in [3.8, 4) is 0 Å². The number of aromatic carboxylic acids is 1. The van der Waals surface area contributed by atoms with Gasteiger partial charge in [0.2, 0.25) is 0 Å². The zero-order valence-electron chi connectivity index (χ0n) is 18.1. The largest absolute Gasteiger partial charge is 0.478 e. The van der Waals surface area contributed by atoms with E-state index in [0.29, 0.717) is 17.7 Å². The van der Waals surface area contributed by atoms with E-state index in [2.05, 4.69) is 10.4 Å². The summed E-state index contributed by atoms with van der Waals surface area (Å²) in [5.74, 6) is -1.51. The fraction of sp³-hybridized carbons (Fsp3) is 0.304. The zero-order chi connectivity index (χ0) is 24.6. The Bertz CT molecular complexity index is 1190. The van der Waals surface area contributed by atoms with Crippen molar-refractivity contribution in [3.05, 3.63) is 82.3 Å². The van der Waals surface area contributed by atoms with E-state index >= 15 is 0 Å². The minimum atomic E-state index is -4.81. The summed E-state index contributed by atoms with van der Waals surface area (Å²) in [5.41, 5.74) is -0.700. The van der Waals surface area contributed by atoms with Gasteiger partial charge in [0.1, 0.15) is 17.9 Å². The third kappa shape index (κ3) is 4.62. The van der Waals surface area contributed by atoms with Crippen LogP contribution in [0.15, 0.2) is 48.5 Å². The molecule has 180 valence electrons. The number of halogens is 4. The Labute approximate surface area is 192 Å². The van der Waals surface area contributed by atoms with E-state index in [1.807, 2.05) is 0 Å². The van der Waals surface area contributed by atoms with Crippen LogP contribution in [0.5, 0.6) is 0 Å². The Morgan fingerprint density at radius 3 is 2.44 bits per heavy atom. The second kappa shape index (κ2) is 9.07. The number of hydrogen-bond donors (Lipinski definition) is 3. The minimum Gasteiger partial charge on any atom is -0.478 e. The van der Waals surface area contributed by atoms with E-state index in [0.717, 1.165) is 0 Å². The lowest BCUT2D eigenvalue weighted by Crippen LogP contribution is -2.29. The van der Waals surface area contributed by atoms with Gasteiger partial charge in [-0.15, -0.1) is 0 Å². The van der Waals surface area contributed by atoms with Crippen molar-refractivity contribution in [1.82, 2.24) is 15.1 Å². The van der Waals surface area contributed by atoms with E-state index in [9.17, 15) is 27.5 Å². The molecule has 34 heavy (non-hydrogen) atoms. The fourth-order valence-electron chi connectivity index (χ4n) is 4.06. The third-order valence-electron chi connectivity index (χ3n) is 5.77. The first-order valence-corrected chi connectivity index (χ1v) is 10.5. The molecule has 3 aromatic rings. The molecule has 0 bridgehead atoms. The van der Waals surface area contributed by atoms with Crippen LogP contribution >= 0.6 is 0 Å². The highest BCUT2D eigenvalue weighted by atomic mass is 19.4. The standard InChI is InChI=1S/C23H22F4N4O3/c1-13(14-6-8-15(9-7-14)22(33)34)28-20(32)18-19(23(25,26)27)29-31-11-10-30(21(18)31)12-16-4-2-3-5-17(16)24/h2-9,13,20,28,32H,10-12H2,1H3,(H,33,34)/t13-,20?/m0/s1. The number of carbonyl (C=O) groups is 1. The minimum absolute atomic E-state index is 0.0155. The molecule has 1 aliphatic heterocycles. The van der Waals surface area contributed by atoms with Crippen LogP contribution in [0.2, 0.25) is 0 Å². The number of aromatic nitrogens is 2. The van der Waals surface area contributed by atoms with Crippen molar-refractivity contribution >= 4 is 11.8 Å². The van der Waals surface area contributed by atoms with Crippen LogP contribution in [-0.2, 0) is 19.3 Å². The maximum Gasteiger partial charge on any atom is 0.435 e. The molecule has 0 spiro atoms. The highest BCUT2D eigenvalue weighted by Crippen LogP contribution is 2.41. The highest BCUT2D eigenvalue weighted by Gasteiger charge is 2.44. The summed E-state index contributed by atoms with van der Waals surface area (Å²) in [7, 11) is 0. The summed E-state index contributed by atoms with van der Waals surface area (Å²) >= 11 is 0. The average molecular weight is 478 g/mol. The first-order valence-electron chi connectivity index (χ1n) is 10.5. The van der Waals surface area contributed by atoms with Crippen molar-refractivity contribution in [1.29, 1.82) is 0 Å². The molecule has 2 aromatic carbocycles. The van der Waals surface area contributed by atoms with Crippen molar-refractivity contribution in [2.45, 2.75) is 38.5 Å². The van der Waals surface area contributed by atoms with Crippen LogP contribution in [0.1, 0.15) is 51.9 Å². The molecule has 2 heterocycles. The predicted octanol–water partition coefficient (Wildman–Crippen LogP) is 4.10. The second-order valence-electron chi connectivity index (χ2n) is 8.04. The molecule has 11 heteroatoms. The number of aliphatic hydroxyl groups excluding tert-OH is 1. The third-order valence-corrected chi connectivity index (χ3v) is 5.77. The zero-order valence-corrected chi connectivity index (χ0v) is 18.1. The van der Waals surface area contributed by atoms with Crippen molar-refractivity contribution < 1.29 is 32.6 Å². The molecule has 0 amide bonds. The van der Waals surface area contributed by atoms with E-state index < -0.39 is 41.5 Å². The SMILES string of the molecule is C[C@H](NC(O)c1c(C(F)(F)F)nn2c1N(Cc1ccccc1F)CC2)c1ccc(C(=O)O)cc1. The Balaban J connectivity index is 1.65. The molecule has 4 rings (SSSR count). The second-order valence-corrected chi connectivity index (χ2v) is 8.04. The van der Waals surface area contributed by atoms with Crippen LogP contribution in [-0.4, -0.2) is 32.5 Å². The van der Waals surface area contributed by atoms with E-state index in [4.69, 9.17) is 5.11 Å². The molecule has 1 aliphatic rings. The quantitative estimate of drug-likeness (QED) is 0.350. The molecule has 0 saturated carbocycles. The van der Waals surface area contributed by atoms with Crippen LogP contribution in [0.3, 0.4) is 0 Å². The van der Waals surface area contributed by atoms with Gasteiger partial charge >= 0.3 is 12.1 Å². The van der Waals surface area contributed by atoms with Gasteiger partial charge in [-0.2, -0.15) is 18.3 Å². The maximum atomic E-state index is 14.2. The normalized spacial score (nSPS) is 15.3. The number of carboxylic acids is 1. The van der Waals surface area contributed by atoms with Gasteiger partial charge in [0.05, 0.1) is 17.7 Å². The fourth-order valence-corrected chi connectivity index (χ4v) is 4.06. The number of carboxylic acid groups (broad SMARTS) is 1. The Kier molecular flexibility index (Phi) is 6.32.